The molecule has 0 unspecified atom stereocenters. The summed E-state index contributed by atoms with van der Waals surface area (Å²) >= 11 is 4.70. The Bertz CT molecular complexity index is 492. The minimum absolute atomic E-state index is 0.128. The first-order valence-electron chi connectivity index (χ1n) is 4.42. The summed E-state index contributed by atoms with van der Waals surface area (Å²) in [6.07, 6.45) is 0. The molecule has 0 aliphatic heterocycles. The first kappa shape index (κ1) is 13.0. The van der Waals surface area contributed by atoms with Crippen LogP contribution in [0, 0.1) is 15.9 Å². The molecule has 0 spiro atoms. The molecule has 0 aliphatic rings. The molecule has 1 amide bonds. The molecule has 1 aromatic rings. The van der Waals surface area contributed by atoms with E-state index in [1.807, 2.05) is 0 Å². The van der Waals surface area contributed by atoms with E-state index >= 15 is 0 Å². The lowest BCUT2D eigenvalue weighted by Gasteiger charge is -2.08. The van der Waals surface area contributed by atoms with E-state index < -0.39 is 16.6 Å². The smallest absolute Gasteiger partial charge is 0.271 e. The van der Waals surface area contributed by atoms with Gasteiger partial charge in [-0.3, -0.25) is 14.9 Å². The van der Waals surface area contributed by atoms with Gasteiger partial charge in [-0.2, -0.15) is 0 Å². The third kappa shape index (κ3) is 3.76. The van der Waals surface area contributed by atoms with Gasteiger partial charge in [0, 0.05) is 19.1 Å². The summed E-state index contributed by atoms with van der Waals surface area (Å²) in [5, 5.41) is 14.9. The van der Waals surface area contributed by atoms with Gasteiger partial charge >= 0.3 is 0 Å². The highest BCUT2D eigenvalue weighted by atomic mass is 32.1. The first-order valence-corrected chi connectivity index (χ1v) is 4.83. The van der Waals surface area contributed by atoms with Crippen LogP contribution in [-0.4, -0.2) is 15.9 Å². The number of carbonyl (C=O) groups excluding carboxylic acids is 1. The van der Waals surface area contributed by atoms with Crippen LogP contribution in [0.15, 0.2) is 18.2 Å². The number of thiocarbonyl (C=S) groups is 1. The number of nitro benzene ring substituents is 1. The van der Waals surface area contributed by atoms with Crippen LogP contribution in [-0.2, 0) is 4.79 Å². The van der Waals surface area contributed by atoms with Crippen LogP contribution in [0.3, 0.4) is 0 Å². The number of nitrogens with one attached hydrogen (secondary N) is 2. The quantitative estimate of drug-likeness (QED) is 0.477. The molecule has 0 bridgehead atoms. The minimum Gasteiger partial charge on any atom is -0.330 e. The number of anilines is 1. The SMILES string of the molecule is CC(=O)NC(=S)Nc1cc([N+](=O)[O-])ccc1F. The van der Waals surface area contributed by atoms with Crippen LogP contribution in [0.4, 0.5) is 15.8 Å². The zero-order chi connectivity index (χ0) is 13.0. The van der Waals surface area contributed by atoms with E-state index in [-0.39, 0.29) is 16.5 Å². The van der Waals surface area contributed by atoms with Crippen molar-refractivity contribution in [3.05, 3.63) is 34.1 Å². The molecule has 0 aromatic heterocycles. The Hall–Kier alpha value is -2.09. The van der Waals surface area contributed by atoms with Crippen molar-refractivity contribution in [1.29, 1.82) is 0 Å². The fourth-order valence-corrected chi connectivity index (χ4v) is 1.29. The molecule has 0 aliphatic carbocycles. The normalized spacial score (nSPS) is 9.53. The molecule has 1 rings (SSSR count). The number of rotatable bonds is 2. The lowest BCUT2D eigenvalue weighted by molar-refractivity contribution is -0.384. The molecule has 90 valence electrons. The highest BCUT2D eigenvalue weighted by Gasteiger charge is 2.11. The van der Waals surface area contributed by atoms with E-state index in [2.05, 4.69) is 10.6 Å². The van der Waals surface area contributed by atoms with E-state index in [9.17, 15) is 19.3 Å². The number of carbonyl (C=O) groups is 1. The van der Waals surface area contributed by atoms with Crippen molar-refractivity contribution in [2.24, 2.45) is 0 Å². The van der Waals surface area contributed by atoms with Gasteiger partial charge in [-0.25, -0.2) is 4.39 Å². The fourth-order valence-electron chi connectivity index (χ4n) is 1.04. The van der Waals surface area contributed by atoms with Crippen LogP contribution >= 0.6 is 12.2 Å². The van der Waals surface area contributed by atoms with Crippen molar-refractivity contribution in [3.63, 3.8) is 0 Å². The lowest BCUT2D eigenvalue weighted by atomic mass is 10.2. The highest BCUT2D eigenvalue weighted by Crippen LogP contribution is 2.20. The maximum Gasteiger partial charge on any atom is 0.271 e. The molecule has 0 radical (unpaired) electrons. The molecule has 0 heterocycles. The molecule has 8 heteroatoms. The molecule has 0 fully saturated rings. The molecular formula is C9H8FN3O3S. The van der Waals surface area contributed by atoms with Crippen molar-refractivity contribution >= 4 is 34.6 Å². The summed E-state index contributed by atoms with van der Waals surface area (Å²) in [5.74, 6) is -1.13. The molecule has 0 saturated heterocycles. The van der Waals surface area contributed by atoms with Gasteiger partial charge in [0.25, 0.3) is 5.69 Å². The van der Waals surface area contributed by atoms with E-state index in [0.29, 0.717) is 0 Å². The highest BCUT2D eigenvalue weighted by molar-refractivity contribution is 7.80. The number of nitro groups is 1. The second-order valence-corrected chi connectivity index (χ2v) is 3.46. The van der Waals surface area contributed by atoms with Gasteiger partial charge in [0.15, 0.2) is 5.11 Å². The molecule has 1 aromatic carbocycles. The molecular weight excluding hydrogens is 249 g/mol. The predicted molar refractivity (Wildman–Crippen MR) is 63.1 cm³/mol. The Morgan fingerprint density at radius 2 is 2.18 bits per heavy atom. The van der Waals surface area contributed by atoms with Crippen molar-refractivity contribution in [1.82, 2.24) is 5.32 Å². The summed E-state index contributed by atoms with van der Waals surface area (Å²) in [4.78, 5) is 20.5. The average Bonchev–Trinajstić information content (AvgIpc) is 2.19. The van der Waals surface area contributed by atoms with E-state index in [1.165, 1.54) is 6.92 Å². The maximum absolute atomic E-state index is 13.3. The largest absolute Gasteiger partial charge is 0.330 e. The van der Waals surface area contributed by atoms with Crippen molar-refractivity contribution < 1.29 is 14.1 Å². The fraction of sp³-hybridized carbons (Fsp3) is 0.111. The summed E-state index contributed by atoms with van der Waals surface area (Å²) in [6.45, 7) is 1.23. The third-order valence-electron chi connectivity index (χ3n) is 1.70. The van der Waals surface area contributed by atoms with Gasteiger partial charge in [-0.1, -0.05) is 0 Å². The van der Waals surface area contributed by atoms with E-state index in [1.54, 1.807) is 0 Å². The van der Waals surface area contributed by atoms with Gasteiger partial charge < -0.3 is 10.6 Å². The van der Waals surface area contributed by atoms with Crippen molar-refractivity contribution in [2.45, 2.75) is 6.92 Å². The van der Waals surface area contributed by atoms with E-state index in [4.69, 9.17) is 12.2 Å². The van der Waals surface area contributed by atoms with Crippen LogP contribution < -0.4 is 10.6 Å². The number of non-ortho nitro benzene ring substituents is 1. The average molecular weight is 257 g/mol. The number of halogens is 1. The topological polar surface area (TPSA) is 84.3 Å². The van der Waals surface area contributed by atoms with Crippen molar-refractivity contribution in [2.75, 3.05) is 5.32 Å². The second kappa shape index (κ2) is 5.30. The molecule has 2 N–H and O–H groups in total. The van der Waals surface area contributed by atoms with Gasteiger partial charge in [0.1, 0.15) is 5.82 Å². The van der Waals surface area contributed by atoms with Crippen LogP contribution in [0.1, 0.15) is 6.92 Å². The monoisotopic (exact) mass is 257 g/mol. The van der Waals surface area contributed by atoms with Crippen LogP contribution in [0.5, 0.6) is 0 Å². The Morgan fingerprint density at radius 3 is 2.71 bits per heavy atom. The van der Waals surface area contributed by atoms with Crippen molar-refractivity contribution in [3.8, 4) is 0 Å². The Morgan fingerprint density at radius 1 is 1.53 bits per heavy atom. The molecule has 0 atom stereocenters. The van der Waals surface area contributed by atoms with Crippen LogP contribution in [0.2, 0.25) is 0 Å². The predicted octanol–water partition coefficient (Wildman–Crippen LogP) is 1.57. The van der Waals surface area contributed by atoms with Gasteiger partial charge in [0.05, 0.1) is 10.6 Å². The number of hydrogen-bond acceptors (Lipinski definition) is 4. The number of benzene rings is 1. The number of hydrogen-bond donors (Lipinski definition) is 2. The summed E-state index contributed by atoms with van der Waals surface area (Å²) in [5.41, 5.74) is -0.447. The Labute approximate surface area is 101 Å². The minimum atomic E-state index is -0.705. The third-order valence-corrected chi connectivity index (χ3v) is 1.90. The summed E-state index contributed by atoms with van der Waals surface area (Å²) in [6, 6.07) is 2.96. The zero-order valence-corrected chi connectivity index (χ0v) is 9.51. The summed E-state index contributed by atoms with van der Waals surface area (Å²) in [7, 11) is 0. The molecule has 6 nitrogen and oxygen atoms in total. The summed E-state index contributed by atoms with van der Waals surface area (Å²) < 4.78 is 13.3. The number of nitrogens with zero attached hydrogens (tertiary/aromatic N) is 1. The Kier molecular flexibility index (Phi) is 4.05. The number of amides is 1. The van der Waals surface area contributed by atoms with Crippen LogP contribution in [0.25, 0.3) is 0 Å². The van der Waals surface area contributed by atoms with Gasteiger partial charge in [-0.15, -0.1) is 0 Å². The van der Waals surface area contributed by atoms with Gasteiger partial charge in [0.2, 0.25) is 5.91 Å². The zero-order valence-electron chi connectivity index (χ0n) is 8.69. The standard InChI is InChI=1S/C9H8FN3O3S/c1-5(14)11-9(17)12-8-4-6(13(15)16)2-3-7(8)10/h2-4H,1H3,(H2,11,12,14,17). The van der Waals surface area contributed by atoms with Gasteiger partial charge in [-0.05, 0) is 18.3 Å². The lowest BCUT2D eigenvalue weighted by Crippen LogP contribution is -2.32. The second-order valence-electron chi connectivity index (χ2n) is 3.06. The molecule has 17 heavy (non-hydrogen) atoms. The van der Waals surface area contributed by atoms with E-state index in [0.717, 1.165) is 18.2 Å². The molecule has 0 saturated carbocycles. The maximum atomic E-state index is 13.3. The Balaban J connectivity index is 2.90. The first-order chi connectivity index (χ1) is 7.90.